The third kappa shape index (κ3) is 4.95. The first-order chi connectivity index (χ1) is 11.9. The Morgan fingerprint density at radius 3 is 2.80 bits per heavy atom. The number of likely N-dealkylation sites (tertiary alicyclic amines) is 1. The molecule has 0 radical (unpaired) electrons. The van der Waals surface area contributed by atoms with Crippen LogP contribution < -0.4 is 4.74 Å². The zero-order valence-corrected chi connectivity index (χ0v) is 14.6. The van der Waals surface area contributed by atoms with Gasteiger partial charge in [-0.1, -0.05) is 6.07 Å². The summed E-state index contributed by atoms with van der Waals surface area (Å²) >= 11 is 0. The van der Waals surface area contributed by atoms with Crippen LogP contribution in [0.15, 0.2) is 24.3 Å². The van der Waals surface area contributed by atoms with Crippen LogP contribution in [-0.4, -0.2) is 66.0 Å². The van der Waals surface area contributed by atoms with E-state index in [0.29, 0.717) is 37.3 Å². The van der Waals surface area contributed by atoms with Crippen LogP contribution in [0.4, 0.5) is 0 Å². The van der Waals surface area contributed by atoms with Crippen LogP contribution in [0.2, 0.25) is 0 Å². The summed E-state index contributed by atoms with van der Waals surface area (Å²) in [6, 6.07) is 6.82. The number of carboxylic acids is 1. The van der Waals surface area contributed by atoms with Gasteiger partial charge < -0.3 is 19.6 Å². The fourth-order valence-corrected chi connectivity index (χ4v) is 2.89. The Kier molecular flexibility index (Phi) is 6.38. The predicted molar refractivity (Wildman–Crippen MR) is 91.5 cm³/mol. The van der Waals surface area contributed by atoms with Gasteiger partial charge in [0.25, 0.3) is 5.91 Å². The third-order valence-corrected chi connectivity index (χ3v) is 4.23. The molecule has 0 bridgehead atoms. The van der Waals surface area contributed by atoms with E-state index < -0.39 is 11.9 Å². The highest BCUT2D eigenvalue weighted by Gasteiger charge is 2.29. The van der Waals surface area contributed by atoms with Gasteiger partial charge in [-0.2, -0.15) is 0 Å². The van der Waals surface area contributed by atoms with Crippen molar-refractivity contribution in [2.75, 3.05) is 33.3 Å². The summed E-state index contributed by atoms with van der Waals surface area (Å²) in [5, 5.41) is 9.11. The van der Waals surface area contributed by atoms with E-state index in [1.165, 1.54) is 9.80 Å². The summed E-state index contributed by atoms with van der Waals surface area (Å²) in [5.41, 5.74) is 0.448. The average molecular weight is 348 g/mol. The fraction of sp³-hybridized carbons (Fsp3) is 0.500. The van der Waals surface area contributed by atoms with E-state index in [4.69, 9.17) is 9.84 Å². The van der Waals surface area contributed by atoms with Crippen LogP contribution in [0, 0.1) is 5.92 Å². The molecule has 0 saturated carbocycles. The van der Waals surface area contributed by atoms with Crippen molar-refractivity contribution >= 4 is 17.8 Å². The molecule has 0 aromatic heterocycles. The molecule has 7 nitrogen and oxygen atoms in total. The Morgan fingerprint density at radius 2 is 2.12 bits per heavy atom. The number of aliphatic carboxylic acids is 1. The number of hydrogen-bond donors (Lipinski definition) is 1. The van der Waals surface area contributed by atoms with Crippen molar-refractivity contribution in [1.29, 1.82) is 0 Å². The number of carbonyl (C=O) groups excluding carboxylic acids is 2. The van der Waals surface area contributed by atoms with E-state index >= 15 is 0 Å². The minimum atomic E-state index is -0.880. The summed E-state index contributed by atoms with van der Waals surface area (Å²) in [4.78, 5) is 38.9. The Morgan fingerprint density at radius 1 is 1.36 bits per heavy atom. The second-order valence-electron chi connectivity index (χ2n) is 6.14. The normalized spacial score (nSPS) is 17.0. The van der Waals surface area contributed by atoms with E-state index in [0.717, 1.165) is 0 Å². The van der Waals surface area contributed by atoms with Gasteiger partial charge in [0, 0.05) is 25.7 Å². The molecule has 136 valence electrons. The Hall–Kier alpha value is -2.57. The first-order valence-electron chi connectivity index (χ1n) is 8.41. The van der Waals surface area contributed by atoms with Crippen LogP contribution in [0.5, 0.6) is 5.75 Å². The van der Waals surface area contributed by atoms with Crippen molar-refractivity contribution in [3.05, 3.63) is 29.8 Å². The summed E-state index contributed by atoms with van der Waals surface area (Å²) in [6.07, 6.45) is 1.24. The SMILES string of the molecule is CCOc1cccc(C(=O)N(C)CC(=O)N2CCCC(C(=O)O)C2)c1. The highest BCUT2D eigenvalue weighted by Crippen LogP contribution is 2.18. The topological polar surface area (TPSA) is 87.2 Å². The molecule has 1 fully saturated rings. The monoisotopic (exact) mass is 348 g/mol. The zero-order valence-electron chi connectivity index (χ0n) is 14.6. The molecule has 7 heteroatoms. The largest absolute Gasteiger partial charge is 0.494 e. The fourth-order valence-electron chi connectivity index (χ4n) is 2.89. The Balaban J connectivity index is 1.97. The van der Waals surface area contributed by atoms with Gasteiger partial charge in [-0.3, -0.25) is 14.4 Å². The van der Waals surface area contributed by atoms with Crippen LogP contribution in [0.25, 0.3) is 0 Å². The van der Waals surface area contributed by atoms with E-state index in [2.05, 4.69) is 0 Å². The molecular weight excluding hydrogens is 324 g/mol. The predicted octanol–water partition coefficient (Wildman–Crippen LogP) is 1.48. The summed E-state index contributed by atoms with van der Waals surface area (Å²) in [6.45, 7) is 3.03. The number of benzene rings is 1. The molecule has 0 spiro atoms. The van der Waals surface area contributed by atoms with Crippen LogP contribution in [0.3, 0.4) is 0 Å². The van der Waals surface area contributed by atoms with Crippen LogP contribution in [-0.2, 0) is 9.59 Å². The molecule has 1 aromatic rings. The number of likely N-dealkylation sites (N-methyl/N-ethyl adjacent to an activating group) is 1. The number of rotatable bonds is 6. The maximum atomic E-state index is 12.5. The van der Waals surface area contributed by atoms with Crippen molar-refractivity contribution in [1.82, 2.24) is 9.80 Å². The minimum absolute atomic E-state index is 0.0793. The Labute approximate surface area is 147 Å². The average Bonchev–Trinajstić information content (AvgIpc) is 2.61. The van der Waals surface area contributed by atoms with Gasteiger partial charge in [-0.05, 0) is 38.0 Å². The van der Waals surface area contributed by atoms with Crippen molar-refractivity contribution in [2.24, 2.45) is 5.92 Å². The lowest BCUT2D eigenvalue weighted by atomic mass is 9.98. The molecule has 1 aliphatic heterocycles. The lowest BCUT2D eigenvalue weighted by molar-refractivity contribution is -0.145. The van der Waals surface area contributed by atoms with Gasteiger partial charge in [-0.15, -0.1) is 0 Å². The first-order valence-corrected chi connectivity index (χ1v) is 8.41. The second kappa shape index (κ2) is 8.50. The molecule has 1 aromatic carbocycles. The smallest absolute Gasteiger partial charge is 0.308 e. The number of carbonyl (C=O) groups is 3. The number of carboxylic acid groups (broad SMARTS) is 1. The standard InChI is InChI=1S/C18H24N2O5/c1-3-25-15-8-4-6-13(10-15)17(22)19(2)12-16(21)20-9-5-7-14(11-20)18(23)24/h4,6,8,10,14H,3,5,7,9,11-12H2,1-2H3,(H,23,24). The van der Waals surface area contributed by atoms with E-state index in [-0.39, 0.29) is 24.9 Å². The number of piperidine rings is 1. The summed E-state index contributed by atoms with van der Waals surface area (Å²) in [5.74, 6) is -1.31. The van der Waals surface area contributed by atoms with E-state index in [1.54, 1.807) is 31.3 Å². The van der Waals surface area contributed by atoms with Crippen molar-refractivity contribution < 1.29 is 24.2 Å². The molecule has 1 atom stereocenters. The molecular formula is C18H24N2O5. The van der Waals surface area contributed by atoms with Gasteiger partial charge in [0.1, 0.15) is 5.75 Å². The lowest BCUT2D eigenvalue weighted by Gasteiger charge is -2.32. The number of hydrogen-bond acceptors (Lipinski definition) is 4. The molecule has 2 rings (SSSR count). The van der Waals surface area contributed by atoms with Crippen LogP contribution in [0.1, 0.15) is 30.1 Å². The van der Waals surface area contributed by atoms with Gasteiger partial charge in [0.15, 0.2) is 0 Å². The highest BCUT2D eigenvalue weighted by atomic mass is 16.5. The maximum absolute atomic E-state index is 12.5. The van der Waals surface area contributed by atoms with Crippen molar-refractivity contribution in [3.63, 3.8) is 0 Å². The first kappa shape index (κ1) is 18.8. The molecule has 1 unspecified atom stereocenters. The van der Waals surface area contributed by atoms with Gasteiger partial charge in [-0.25, -0.2) is 0 Å². The molecule has 2 amide bonds. The van der Waals surface area contributed by atoms with E-state index in [1.807, 2.05) is 6.92 Å². The third-order valence-electron chi connectivity index (χ3n) is 4.23. The van der Waals surface area contributed by atoms with Gasteiger partial charge in [0.2, 0.25) is 5.91 Å². The molecule has 0 aliphatic carbocycles. The maximum Gasteiger partial charge on any atom is 0.308 e. The van der Waals surface area contributed by atoms with Gasteiger partial charge >= 0.3 is 5.97 Å². The molecule has 1 N–H and O–H groups in total. The summed E-state index contributed by atoms with van der Waals surface area (Å²) in [7, 11) is 1.56. The lowest BCUT2D eigenvalue weighted by Crippen LogP contribution is -2.46. The number of nitrogens with zero attached hydrogens (tertiary/aromatic N) is 2. The van der Waals surface area contributed by atoms with Gasteiger partial charge in [0.05, 0.1) is 19.1 Å². The Bertz CT molecular complexity index is 646. The molecule has 25 heavy (non-hydrogen) atoms. The quantitative estimate of drug-likeness (QED) is 0.841. The van der Waals surface area contributed by atoms with Crippen LogP contribution >= 0.6 is 0 Å². The molecule has 1 heterocycles. The highest BCUT2D eigenvalue weighted by molar-refractivity contribution is 5.96. The number of ether oxygens (including phenoxy) is 1. The minimum Gasteiger partial charge on any atom is -0.494 e. The van der Waals surface area contributed by atoms with Crippen molar-refractivity contribution in [3.8, 4) is 5.75 Å². The number of amides is 2. The molecule has 1 saturated heterocycles. The molecule has 1 aliphatic rings. The zero-order chi connectivity index (χ0) is 18.4. The summed E-state index contributed by atoms with van der Waals surface area (Å²) < 4.78 is 5.39. The van der Waals surface area contributed by atoms with Crippen molar-refractivity contribution in [2.45, 2.75) is 19.8 Å². The van der Waals surface area contributed by atoms with E-state index in [9.17, 15) is 14.4 Å². The second-order valence-corrected chi connectivity index (χ2v) is 6.14.